The Labute approximate surface area is 171 Å². The summed E-state index contributed by atoms with van der Waals surface area (Å²) in [4.78, 5) is 21.1. The van der Waals surface area contributed by atoms with Gasteiger partial charge in [0.1, 0.15) is 23.7 Å². The lowest BCUT2D eigenvalue weighted by atomic mass is 10.1. The van der Waals surface area contributed by atoms with Gasteiger partial charge in [-0.15, -0.1) is 0 Å². The molecule has 0 spiro atoms. The van der Waals surface area contributed by atoms with Crippen molar-refractivity contribution in [3.05, 3.63) is 53.5 Å². The van der Waals surface area contributed by atoms with E-state index in [0.29, 0.717) is 19.6 Å². The lowest BCUT2D eigenvalue weighted by Gasteiger charge is -2.14. The van der Waals surface area contributed by atoms with Gasteiger partial charge >= 0.3 is 5.97 Å². The van der Waals surface area contributed by atoms with Gasteiger partial charge in [-0.25, -0.2) is 9.97 Å². The zero-order valence-corrected chi connectivity index (χ0v) is 17.6. The highest BCUT2D eigenvalue weighted by Gasteiger charge is 2.18. The number of carbonyl (C=O) groups excluding carboxylic acids is 1. The van der Waals surface area contributed by atoms with Gasteiger partial charge in [0.25, 0.3) is 0 Å². The highest BCUT2D eigenvalue weighted by Crippen LogP contribution is 2.21. The van der Waals surface area contributed by atoms with Crippen LogP contribution in [0.2, 0.25) is 0 Å². The molecule has 2 aromatic heterocycles. The van der Waals surface area contributed by atoms with Crippen LogP contribution in [0, 0.1) is 12.8 Å². The quantitative estimate of drug-likeness (QED) is 0.505. The normalized spacial score (nSPS) is 12.1. The van der Waals surface area contributed by atoms with Gasteiger partial charge in [-0.3, -0.25) is 4.79 Å². The molecule has 0 aliphatic carbocycles. The smallest absolute Gasteiger partial charge is 0.312 e. The van der Waals surface area contributed by atoms with Gasteiger partial charge in [-0.05, 0) is 49.1 Å². The van der Waals surface area contributed by atoms with E-state index in [1.54, 1.807) is 0 Å². The van der Waals surface area contributed by atoms with Crippen molar-refractivity contribution < 1.29 is 14.3 Å². The molecule has 2 heterocycles. The molecule has 154 valence electrons. The number of aryl methyl sites for hydroxylation is 2. The number of carbonyl (C=O) groups is 1. The molecular weight excluding hydrogens is 366 g/mol. The van der Waals surface area contributed by atoms with Crippen LogP contribution in [-0.4, -0.2) is 34.2 Å². The minimum Gasteiger partial charge on any atom is -0.493 e. The van der Waals surface area contributed by atoms with Crippen LogP contribution in [0.4, 0.5) is 0 Å². The van der Waals surface area contributed by atoms with Crippen molar-refractivity contribution in [1.82, 2.24) is 14.5 Å². The molecule has 3 aromatic rings. The van der Waals surface area contributed by atoms with E-state index in [0.717, 1.165) is 46.7 Å². The molecule has 1 atom stereocenters. The molecule has 6 nitrogen and oxygen atoms in total. The Kier molecular flexibility index (Phi) is 6.86. The summed E-state index contributed by atoms with van der Waals surface area (Å²) in [5.74, 6) is 1.33. The number of hydrogen-bond donors (Lipinski definition) is 0. The summed E-state index contributed by atoms with van der Waals surface area (Å²) in [5, 5.41) is 0. The molecule has 0 N–H and O–H groups in total. The first-order chi connectivity index (χ1) is 14.1. The van der Waals surface area contributed by atoms with Crippen molar-refractivity contribution in [1.29, 1.82) is 0 Å². The van der Waals surface area contributed by atoms with Crippen LogP contribution in [0.3, 0.4) is 0 Å². The topological polar surface area (TPSA) is 66.2 Å². The van der Waals surface area contributed by atoms with Crippen LogP contribution in [-0.2, 0) is 22.5 Å². The summed E-state index contributed by atoms with van der Waals surface area (Å²) in [6.07, 6.45) is 4.48. The number of fused-ring (bicyclic) bond motifs is 1. The first kappa shape index (κ1) is 20.8. The van der Waals surface area contributed by atoms with Crippen LogP contribution < -0.4 is 4.74 Å². The van der Waals surface area contributed by atoms with Crippen molar-refractivity contribution in [3.8, 4) is 5.75 Å². The maximum Gasteiger partial charge on any atom is 0.312 e. The number of hydrogen-bond acceptors (Lipinski definition) is 5. The first-order valence-corrected chi connectivity index (χ1v) is 10.2. The van der Waals surface area contributed by atoms with Crippen LogP contribution >= 0.6 is 0 Å². The monoisotopic (exact) mass is 395 g/mol. The van der Waals surface area contributed by atoms with Crippen molar-refractivity contribution >= 4 is 17.1 Å². The number of imidazole rings is 1. The third-order valence-corrected chi connectivity index (χ3v) is 5.13. The molecule has 1 aromatic carbocycles. The molecule has 3 rings (SSSR count). The molecule has 1 unspecified atom stereocenters. The summed E-state index contributed by atoms with van der Waals surface area (Å²) >= 11 is 0. The summed E-state index contributed by atoms with van der Waals surface area (Å²) in [7, 11) is 1.41. The molecule has 0 aliphatic rings. The number of rotatable bonds is 9. The maximum atomic E-state index is 11.7. The largest absolute Gasteiger partial charge is 0.493 e. The summed E-state index contributed by atoms with van der Waals surface area (Å²) in [5.41, 5.74) is 4.20. The van der Waals surface area contributed by atoms with Gasteiger partial charge in [0.15, 0.2) is 5.65 Å². The summed E-state index contributed by atoms with van der Waals surface area (Å²) in [6.45, 7) is 7.21. The predicted octanol–water partition coefficient (Wildman–Crippen LogP) is 4.32. The van der Waals surface area contributed by atoms with E-state index in [-0.39, 0.29) is 11.9 Å². The van der Waals surface area contributed by atoms with E-state index in [2.05, 4.69) is 23.4 Å². The number of pyridine rings is 1. The third kappa shape index (κ3) is 4.75. The minimum atomic E-state index is -0.247. The Balaban J connectivity index is 1.75. The standard InChI is InChI=1S/C23H29N3O3/c1-5-7-20-25-21-16(3)12-13-24-22(21)26(20)14-17-8-10-19(11-9-17)29-15-18(6-2)23(27)28-4/h8-13,18H,5-7,14-15H2,1-4H3. The molecule has 0 saturated carbocycles. The molecular formula is C23H29N3O3. The summed E-state index contributed by atoms with van der Waals surface area (Å²) in [6, 6.07) is 9.98. The molecule has 0 radical (unpaired) electrons. The molecule has 0 bridgehead atoms. The van der Waals surface area contributed by atoms with Gasteiger partial charge in [0, 0.05) is 12.6 Å². The third-order valence-electron chi connectivity index (χ3n) is 5.13. The Bertz CT molecular complexity index is 963. The van der Waals surface area contributed by atoms with Crippen molar-refractivity contribution in [3.63, 3.8) is 0 Å². The number of benzene rings is 1. The SMILES string of the molecule is CCCc1nc2c(C)ccnc2n1Cc1ccc(OCC(CC)C(=O)OC)cc1. The zero-order chi connectivity index (χ0) is 20.8. The molecule has 0 fully saturated rings. The fraction of sp³-hybridized carbons (Fsp3) is 0.435. The average Bonchev–Trinajstić information content (AvgIpc) is 3.08. The van der Waals surface area contributed by atoms with E-state index >= 15 is 0 Å². The number of nitrogens with zero attached hydrogens (tertiary/aromatic N) is 3. The highest BCUT2D eigenvalue weighted by molar-refractivity contribution is 5.75. The van der Waals surface area contributed by atoms with Crippen LogP contribution in [0.25, 0.3) is 11.2 Å². The predicted molar refractivity (Wildman–Crippen MR) is 113 cm³/mol. The molecule has 0 amide bonds. The first-order valence-electron chi connectivity index (χ1n) is 10.2. The van der Waals surface area contributed by atoms with E-state index in [4.69, 9.17) is 14.5 Å². The van der Waals surface area contributed by atoms with Crippen molar-refractivity contribution in [2.75, 3.05) is 13.7 Å². The Morgan fingerprint density at radius 1 is 1.17 bits per heavy atom. The van der Waals surface area contributed by atoms with Crippen LogP contribution in [0.5, 0.6) is 5.75 Å². The second-order valence-electron chi connectivity index (χ2n) is 7.25. The Morgan fingerprint density at radius 3 is 2.59 bits per heavy atom. The summed E-state index contributed by atoms with van der Waals surface area (Å²) < 4.78 is 12.8. The van der Waals surface area contributed by atoms with E-state index in [9.17, 15) is 4.79 Å². The van der Waals surface area contributed by atoms with Gasteiger partial charge in [-0.2, -0.15) is 0 Å². The van der Waals surface area contributed by atoms with Crippen LogP contribution in [0.15, 0.2) is 36.5 Å². The molecule has 0 aliphatic heterocycles. The minimum absolute atomic E-state index is 0.234. The van der Waals surface area contributed by atoms with Crippen LogP contribution in [0.1, 0.15) is 43.6 Å². The van der Waals surface area contributed by atoms with E-state index in [1.807, 2.05) is 43.5 Å². The van der Waals surface area contributed by atoms with Crippen molar-refractivity contribution in [2.24, 2.45) is 5.92 Å². The maximum absolute atomic E-state index is 11.7. The van der Waals surface area contributed by atoms with E-state index in [1.165, 1.54) is 7.11 Å². The number of methoxy groups -OCH3 is 1. The van der Waals surface area contributed by atoms with Gasteiger partial charge in [0.2, 0.25) is 0 Å². The lowest BCUT2D eigenvalue weighted by Crippen LogP contribution is -2.22. The van der Waals surface area contributed by atoms with Crippen molar-refractivity contribution in [2.45, 2.75) is 46.6 Å². The Hall–Kier alpha value is -2.89. The van der Waals surface area contributed by atoms with Gasteiger partial charge in [-0.1, -0.05) is 26.0 Å². The van der Waals surface area contributed by atoms with Gasteiger partial charge < -0.3 is 14.0 Å². The number of ether oxygens (including phenoxy) is 2. The highest BCUT2D eigenvalue weighted by atomic mass is 16.5. The molecule has 0 saturated heterocycles. The zero-order valence-electron chi connectivity index (χ0n) is 17.6. The Morgan fingerprint density at radius 2 is 1.93 bits per heavy atom. The van der Waals surface area contributed by atoms with E-state index < -0.39 is 0 Å². The second kappa shape index (κ2) is 9.54. The fourth-order valence-corrected chi connectivity index (χ4v) is 3.35. The molecule has 29 heavy (non-hydrogen) atoms. The fourth-order valence-electron chi connectivity index (χ4n) is 3.35. The lowest BCUT2D eigenvalue weighted by molar-refractivity contribution is -0.146. The average molecular weight is 396 g/mol. The van der Waals surface area contributed by atoms with Gasteiger partial charge in [0.05, 0.1) is 19.6 Å². The molecule has 6 heteroatoms. The second-order valence-corrected chi connectivity index (χ2v) is 7.25. The number of esters is 1. The number of aromatic nitrogens is 3.